The third-order valence-electron chi connectivity index (χ3n) is 2.55. The van der Waals surface area contributed by atoms with E-state index in [9.17, 15) is 4.79 Å². The van der Waals surface area contributed by atoms with Gasteiger partial charge in [-0.3, -0.25) is 4.79 Å². The molecule has 0 heterocycles. The second kappa shape index (κ2) is 5.87. The van der Waals surface area contributed by atoms with Crippen LogP contribution in [0.1, 0.15) is 21.5 Å². The Morgan fingerprint density at radius 3 is 2.39 bits per heavy atom. The van der Waals surface area contributed by atoms with Crippen molar-refractivity contribution in [3.05, 3.63) is 69.2 Å². The number of carbonyl (C=O) groups excluding carboxylic acids is 1. The van der Waals surface area contributed by atoms with Crippen LogP contribution in [-0.4, -0.2) is 5.78 Å². The van der Waals surface area contributed by atoms with Crippen LogP contribution < -0.4 is 0 Å². The van der Waals surface area contributed by atoms with E-state index in [1.807, 2.05) is 6.07 Å². The van der Waals surface area contributed by atoms with Crippen LogP contribution in [0.15, 0.2) is 42.5 Å². The molecule has 0 aliphatic carbocycles. The van der Waals surface area contributed by atoms with Gasteiger partial charge in [-0.15, -0.1) is 0 Å². The van der Waals surface area contributed by atoms with Gasteiger partial charge in [0.2, 0.25) is 0 Å². The Morgan fingerprint density at radius 1 is 1.06 bits per heavy atom. The molecule has 0 atom stereocenters. The van der Waals surface area contributed by atoms with E-state index in [0.717, 1.165) is 5.56 Å². The van der Waals surface area contributed by atoms with Gasteiger partial charge in [0.15, 0.2) is 5.78 Å². The molecule has 0 amide bonds. The lowest BCUT2D eigenvalue weighted by atomic mass is 10.0. The van der Waals surface area contributed by atoms with Gasteiger partial charge in [-0.05, 0) is 23.8 Å². The van der Waals surface area contributed by atoms with Crippen molar-refractivity contribution >= 4 is 44.9 Å². The SMILES string of the molecule is O=C(c1cccc(Cl)c1)c1ccc(CBr)c(Cl)c1. The molecule has 0 aliphatic heterocycles. The van der Waals surface area contributed by atoms with Gasteiger partial charge in [0.1, 0.15) is 0 Å². The number of halogens is 3. The minimum absolute atomic E-state index is 0.0828. The third kappa shape index (κ3) is 2.94. The Kier molecular flexibility index (Phi) is 4.44. The summed E-state index contributed by atoms with van der Waals surface area (Å²) in [5, 5.41) is 1.79. The zero-order valence-corrected chi connectivity index (χ0v) is 12.4. The molecule has 0 aliphatic rings. The van der Waals surface area contributed by atoms with Crippen molar-refractivity contribution in [2.24, 2.45) is 0 Å². The Balaban J connectivity index is 2.37. The van der Waals surface area contributed by atoms with Gasteiger partial charge >= 0.3 is 0 Å². The fraction of sp³-hybridized carbons (Fsp3) is 0.0714. The number of benzene rings is 2. The molecule has 0 bridgehead atoms. The average Bonchev–Trinajstić information content (AvgIpc) is 2.37. The first-order chi connectivity index (χ1) is 8.61. The summed E-state index contributed by atoms with van der Waals surface area (Å²) < 4.78 is 0. The van der Waals surface area contributed by atoms with E-state index < -0.39 is 0 Å². The quantitative estimate of drug-likeness (QED) is 0.558. The van der Waals surface area contributed by atoms with Crippen LogP contribution in [0.4, 0.5) is 0 Å². The largest absolute Gasteiger partial charge is 0.289 e. The van der Waals surface area contributed by atoms with Gasteiger partial charge < -0.3 is 0 Å². The minimum Gasteiger partial charge on any atom is -0.289 e. The van der Waals surface area contributed by atoms with Gasteiger partial charge in [0.25, 0.3) is 0 Å². The van der Waals surface area contributed by atoms with Crippen LogP contribution in [0.2, 0.25) is 10.0 Å². The molecule has 0 unspecified atom stereocenters. The zero-order valence-electron chi connectivity index (χ0n) is 9.29. The first kappa shape index (κ1) is 13.6. The summed E-state index contributed by atoms with van der Waals surface area (Å²) in [5.74, 6) is -0.0828. The maximum absolute atomic E-state index is 12.2. The van der Waals surface area contributed by atoms with Crippen LogP contribution in [0, 0.1) is 0 Å². The van der Waals surface area contributed by atoms with E-state index in [4.69, 9.17) is 23.2 Å². The normalized spacial score (nSPS) is 10.4. The molecule has 1 nitrogen and oxygen atoms in total. The van der Waals surface area contributed by atoms with Gasteiger partial charge in [0.05, 0.1) is 0 Å². The number of hydrogen-bond donors (Lipinski definition) is 0. The van der Waals surface area contributed by atoms with Crippen LogP contribution >= 0.6 is 39.1 Å². The summed E-state index contributed by atoms with van der Waals surface area (Å²) in [7, 11) is 0. The van der Waals surface area contributed by atoms with Crippen molar-refractivity contribution in [2.75, 3.05) is 0 Å². The fourth-order valence-corrected chi connectivity index (χ4v) is 2.68. The summed E-state index contributed by atoms with van der Waals surface area (Å²) in [6.07, 6.45) is 0. The van der Waals surface area contributed by atoms with Crippen molar-refractivity contribution in [1.82, 2.24) is 0 Å². The number of hydrogen-bond acceptors (Lipinski definition) is 1. The number of alkyl halides is 1. The number of rotatable bonds is 3. The van der Waals surface area contributed by atoms with Crippen molar-refractivity contribution < 1.29 is 4.79 Å². The molecular formula is C14H9BrCl2O. The summed E-state index contributed by atoms with van der Waals surface area (Å²) >= 11 is 15.3. The molecule has 0 radical (unpaired) electrons. The second-order valence-electron chi connectivity index (χ2n) is 3.78. The van der Waals surface area contributed by atoms with Crippen molar-refractivity contribution in [3.63, 3.8) is 0 Å². The van der Waals surface area contributed by atoms with Crippen LogP contribution in [-0.2, 0) is 5.33 Å². The van der Waals surface area contributed by atoms with Gasteiger partial charge in [0, 0.05) is 26.5 Å². The Bertz CT molecular complexity index is 596. The van der Waals surface area contributed by atoms with Crippen LogP contribution in [0.25, 0.3) is 0 Å². The molecule has 2 rings (SSSR count). The van der Waals surface area contributed by atoms with E-state index >= 15 is 0 Å². The highest BCUT2D eigenvalue weighted by molar-refractivity contribution is 9.08. The predicted octanol–water partition coefficient (Wildman–Crippen LogP) is 5.12. The van der Waals surface area contributed by atoms with E-state index in [1.165, 1.54) is 0 Å². The Hall–Kier alpha value is -0.830. The highest BCUT2D eigenvalue weighted by atomic mass is 79.9. The molecular weight excluding hydrogens is 335 g/mol. The van der Waals surface area contributed by atoms with Crippen molar-refractivity contribution in [1.29, 1.82) is 0 Å². The van der Waals surface area contributed by atoms with Gasteiger partial charge in [-0.2, -0.15) is 0 Å². The molecule has 92 valence electrons. The van der Waals surface area contributed by atoms with E-state index in [-0.39, 0.29) is 5.78 Å². The molecule has 0 saturated carbocycles. The summed E-state index contributed by atoms with van der Waals surface area (Å²) in [5.41, 5.74) is 2.08. The highest BCUT2D eigenvalue weighted by Crippen LogP contribution is 2.22. The molecule has 0 spiro atoms. The summed E-state index contributed by atoms with van der Waals surface area (Å²) in [6, 6.07) is 12.2. The lowest BCUT2D eigenvalue weighted by Gasteiger charge is -2.05. The average molecular weight is 344 g/mol. The Morgan fingerprint density at radius 2 is 1.78 bits per heavy atom. The molecule has 2 aromatic rings. The molecule has 4 heteroatoms. The maximum atomic E-state index is 12.2. The van der Waals surface area contributed by atoms with E-state index in [1.54, 1.807) is 36.4 Å². The standard InChI is InChI=1S/C14H9BrCl2O/c15-8-11-5-4-10(7-13(11)17)14(18)9-2-1-3-12(16)6-9/h1-7H,8H2. The molecule has 0 fully saturated rings. The number of ketones is 1. The predicted molar refractivity (Wildman–Crippen MR) is 79.0 cm³/mol. The van der Waals surface area contributed by atoms with Crippen LogP contribution in [0.3, 0.4) is 0 Å². The number of carbonyl (C=O) groups is 1. The monoisotopic (exact) mass is 342 g/mol. The Labute approximate surface area is 124 Å². The van der Waals surface area contributed by atoms with E-state index in [0.29, 0.717) is 26.5 Å². The topological polar surface area (TPSA) is 17.1 Å². The van der Waals surface area contributed by atoms with Crippen molar-refractivity contribution in [2.45, 2.75) is 5.33 Å². The first-order valence-corrected chi connectivity index (χ1v) is 7.14. The van der Waals surface area contributed by atoms with Gasteiger partial charge in [-0.25, -0.2) is 0 Å². The molecule has 0 saturated heterocycles. The molecule has 0 N–H and O–H groups in total. The van der Waals surface area contributed by atoms with E-state index in [2.05, 4.69) is 15.9 Å². The minimum atomic E-state index is -0.0828. The summed E-state index contributed by atoms with van der Waals surface area (Å²) in [4.78, 5) is 12.2. The molecule has 18 heavy (non-hydrogen) atoms. The molecule has 0 aromatic heterocycles. The van der Waals surface area contributed by atoms with Crippen molar-refractivity contribution in [3.8, 4) is 0 Å². The van der Waals surface area contributed by atoms with Crippen LogP contribution in [0.5, 0.6) is 0 Å². The highest BCUT2D eigenvalue weighted by Gasteiger charge is 2.11. The van der Waals surface area contributed by atoms with Gasteiger partial charge in [-0.1, -0.05) is 63.4 Å². The maximum Gasteiger partial charge on any atom is 0.193 e. The zero-order chi connectivity index (χ0) is 13.1. The molecule has 2 aromatic carbocycles. The smallest absolute Gasteiger partial charge is 0.193 e. The fourth-order valence-electron chi connectivity index (χ4n) is 1.59. The third-order valence-corrected chi connectivity index (χ3v) is 3.74. The first-order valence-electron chi connectivity index (χ1n) is 5.26. The lowest BCUT2D eigenvalue weighted by Crippen LogP contribution is -2.01. The lowest BCUT2D eigenvalue weighted by molar-refractivity contribution is 0.103. The second-order valence-corrected chi connectivity index (χ2v) is 5.18. The summed E-state index contributed by atoms with van der Waals surface area (Å²) in [6.45, 7) is 0.